The quantitative estimate of drug-likeness (QED) is 0.908. The van der Waals surface area contributed by atoms with Gasteiger partial charge in [-0.2, -0.15) is 5.26 Å². The summed E-state index contributed by atoms with van der Waals surface area (Å²) in [5, 5.41) is 14.9. The van der Waals surface area contributed by atoms with Gasteiger partial charge in [0, 0.05) is 12.2 Å². The zero-order chi connectivity index (χ0) is 15.2. The first-order valence-corrected chi connectivity index (χ1v) is 6.72. The molecule has 0 unspecified atom stereocenters. The van der Waals surface area contributed by atoms with E-state index < -0.39 is 0 Å². The number of pyridine rings is 1. The van der Waals surface area contributed by atoms with Crippen molar-refractivity contribution < 1.29 is 4.79 Å². The number of nitrogens with one attached hydrogen (secondary N) is 2. The monoisotopic (exact) mass is 300 g/mol. The van der Waals surface area contributed by atoms with Crippen molar-refractivity contribution in [3.63, 3.8) is 0 Å². The molecule has 21 heavy (non-hydrogen) atoms. The third kappa shape index (κ3) is 3.71. The van der Waals surface area contributed by atoms with Crippen LogP contribution in [0, 0.1) is 11.3 Å². The van der Waals surface area contributed by atoms with Crippen molar-refractivity contribution in [2.45, 2.75) is 6.92 Å². The first-order chi connectivity index (χ1) is 10.1. The van der Waals surface area contributed by atoms with Crippen LogP contribution in [0.4, 0.5) is 11.4 Å². The number of amides is 1. The van der Waals surface area contributed by atoms with Gasteiger partial charge >= 0.3 is 0 Å². The van der Waals surface area contributed by atoms with Crippen LogP contribution < -0.4 is 10.6 Å². The van der Waals surface area contributed by atoms with Crippen LogP contribution in [0.1, 0.15) is 23.0 Å². The average Bonchev–Trinajstić information content (AvgIpc) is 2.48. The maximum absolute atomic E-state index is 12.0. The lowest BCUT2D eigenvalue weighted by Crippen LogP contribution is -2.13. The Hall–Kier alpha value is -2.58. The summed E-state index contributed by atoms with van der Waals surface area (Å²) in [6.07, 6.45) is 1.60. The summed E-state index contributed by atoms with van der Waals surface area (Å²) >= 11 is 5.92. The maximum Gasteiger partial charge on any atom is 0.274 e. The number of carbonyl (C=O) groups is 1. The zero-order valence-electron chi connectivity index (χ0n) is 11.4. The number of nitriles is 1. The summed E-state index contributed by atoms with van der Waals surface area (Å²) in [5.74, 6) is -0.334. The average molecular weight is 301 g/mol. The third-order valence-corrected chi connectivity index (χ3v) is 3.04. The summed E-state index contributed by atoms with van der Waals surface area (Å²) in [7, 11) is 0. The van der Waals surface area contributed by atoms with Crippen LogP contribution in [0.5, 0.6) is 0 Å². The molecule has 0 aliphatic rings. The van der Waals surface area contributed by atoms with Crippen molar-refractivity contribution in [3.8, 4) is 6.07 Å². The van der Waals surface area contributed by atoms with Gasteiger partial charge in [0.25, 0.3) is 5.91 Å². The lowest BCUT2D eigenvalue weighted by molar-refractivity contribution is 0.102. The Bertz CT molecular complexity index is 692. The van der Waals surface area contributed by atoms with Crippen molar-refractivity contribution >= 4 is 28.9 Å². The molecule has 1 heterocycles. The number of carbonyl (C=O) groups excluding carboxylic acids is 1. The molecule has 106 valence electrons. The molecule has 2 aromatic rings. The van der Waals surface area contributed by atoms with Crippen molar-refractivity contribution in [3.05, 3.63) is 52.8 Å². The fourth-order valence-electron chi connectivity index (χ4n) is 1.72. The predicted molar refractivity (Wildman–Crippen MR) is 82.5 cm³/mol. The summed E-state index contributed by atoms with van der Waals surface area (Å²) in [5.41, 5.74) is 2.04. The van der Waals surface area contributed by atoms with Gasteiger partial charge in [-0.05, 0) is 37.3 Å². The van der Waals surface area contributed by atoms with E-state index in [2.05, 4.69) is 15.6 Å². The first kappa shape index (κ1) is 14.8. The Labute approximate surface area is 127 Å². The van der Waals surface area contributed by atoms with Gasteiger partial charge in [-0.15, -0.1) is 0 Å². The van der Waals surface area contributed by atoms with Crippen LogP contribution in [0.2, 0.25) is 5.02 Å². The molecule has 0 saturated heterocycles. The molecule has 0 bridgehead atoms. The Morgan fingerprint density at radius 2 is 2.10 bits per heavy atom. The highest BCUT2D eigenvalue weighted by Gasteiger charge is 2.09. The van der Waals surface area contributed by atoms with Crippen molar-refractivity contribution in [1.29, 1.82) is 5.26 Å². The largest absolute Gasteiger partial charge is 0.384 e. The van der Waals surface area contributed by atoms with E-state index in [0.717, 1.165) is 12.2 Å². The fourth-order valence-corrected chi connectivity index (χ4v) is 1.94. The van der Waals surface area contributed by atoms with Gasteiger partial charge in [0.05, 0.1) is 22.5 Å². The van der Waals surface area contributed by atoms with Crippen LogP contribution in [-0.4, -0.2) is 17.4 Å². The molecule has 0 radical (unpaired) electrons. The molecule has 0 spiro atoms. The summed E-state index contributed by atoms with van der Waals surface area (Å²) < 4.78 is 0. The molecule has 5 nitrogen and oxygen atoms in total. The summed E-state index contributed by atoms with van der Waals surface area (Å²) in [6.45, 7) is 2.77. The second-order valence-corrected chi connectivity index (χ2v) is 4.63. The standard InChI is InChI=1S/C15H13ClN4O/c1-2-18-12-5-6-14(19-9-12)15(21)20-11-4-3-10(8-17)13(16)7-11/h3-7,9,18H,2H2,1H3,(H,20,21). The Morgan fingerprint density at radius 1 is 1.33 bits per heavy atom. The minimum atomic E-state index is -0.334. The highest BCUT2D eigenvalue weighted by Crippen LogP contribution is 2.20. The molecular formula is C15H13ClN4O. The summed E-state index contributed by atoms with van der Waals surface area (Å²) in [4.78, 5) is 16.1. The van der Waals surface area contributed by atoms with E-state index in [1.54, 1.807) is 30.5 Å². The number of hydrogen-bond donors (Lipinski definition) is 2. The topological polar surface area (TPSA) is 77.8 Å². The predicted octanol–water partition coefficient (Wildman–Crippen LogP) is 3.29. The SMILES string of the molecule is CCNc1ccc(C(=O)Nc2ccc(C#N)c(Cl)c2)nc1. The fraction of sp³-hybridized carbons (Fsp3) is 0.133. The number of anilines is 2. The third-order valence-electron chi connectivity index (χ3n) is 2.72. The van der Waals surface area contributed by atoms with E-state index in [0.29, 0.717) is 22.0 Å². The van der Waals surface area contributed by atoms with E-state index in [1.165, 1.54) is 6.07 Å². The maximum atomic E-state index is 12.0. The number of benzene rings is 1. The van der Waals surface area contributed by atoms with Crippen molar-refractivity contribution in [1.82, 2.24) is 4.98 Å². The van der Waals surface area contributed by atoms with Gasteiger partial charge in [0.15, 0.2) is 0 Å². The Morgan fingerprint density at radius 3 is 2.67 bits per heavy atom. The molecule has 1 amide bonds. The van der Waals surface area contributed by atoms with Gasteiger partial charge < -0.3 is 10.6 Å². The lowest BCUT2D eigenvalue weighted by atomic mass is 10.2. The Balaban J connectivity index is 2.10. The number of halogens is 1. The van der Waals surface area contributed by atoms with Gasteiger partial charge in [-0.25, -0.2) is 4.98 Å². The smallest absolute Gasteiger partial charge is 0.274 e. The highest BCUT2D eigenvalue weighted by molar-refractivity contribution is 6.32. The zero-order valence-corrected chi connectivity index (χ0v) is 12.1. The number of nitrogens with zero attached hydrogens (tertiary/aromatic N) is 2. The summed E-state index contributed by atoms with van der Waals surface area (Å²) in [6, 6.07) is 10.1. The van der Waals surface area contributed by atoms with E-state index in [-0.39, 0.29) is 5.91 Å². The molecule has 6 heteroatoms. The normalized spacial score (nSPS) is 9.76. The van der Waals surface area contributed by atoms with Crippen molar-refractivity contribution in [2.24, 2.45) is 0 Å². The van der Waals surface area contributed by atoms with Gasteiger partial charge in [-0.1, -0.05) is 11.6 Å². The first-order valence-electron chi connectivity index (χ1n) is 6.35. The molecule has 0 aliphatic heterocycles. The van der Waals surface area contributed by atoms with Crippen molar-refractivity contribution in [2.75, 3.05) is 17.2 Å². The molecule has 0 atom stereocenters. The number of rotatable bonds is 4. The minimum Gasteiger partial charge on any atom is -0.384 e. The van der Waals surface area contributed by atoms with E-state index in [4.69, 9.17) is 16.9 Å². The van der Waals surface area contributed by atoms with Crippen LogP contribution in [0.3, 0.4) is 0 Å². The van der Waals surface area contributed by atoms with Crippen LogP contribution in [0.15, 0.2) is 36.5 Å². The van der Waals surface area contributed by atoms with Crippen LogP contribution in [-0.2, 0) is 0 Å². The van der Waals surface area contributed by atoms with E-state index in [1.807, 2.05) is 13.0 Å². The molecule has 0 aliphatic carbocycles. The molecular weight excluding hydrogens is 288 g/mol. The van der Waals surface area contributed by atoms with E-state index in [9.17, 15) is 4.79 Å². The highest BCUT2D eigenvalue weighted by atomic mass is 35.5. The molecule has 0 fully saturated rings. The second-order valence-electron chi connectivity index (χ2n) is 4.22. The lowest BCUT2D eigenvalue weighted by Gasteiger charge is -2.07. The molecule has 0 saturated carbocycles. The minimum absolute atomic E-state index is 0.297. The molecule has 2 rings (SSSR count). The number of hydrogen-bond acceptors (Lipinski definition) is 4. The van der Waals surface area contributed by atoms with E-state index >= 15 is 0 Å². The molecule has 2 N–H and O–H groups in total. The molecule has 1 aromatic heterocycles. The van der Waals surface area contributed by atoms with Gasteiger partial charge in [0.1, 0.15) is 11.8 Å². The van der Waals surface area contributed by atoms with Crippen LogP contribution in [0.25, 0.3) is 0 Å². The van der Waals surface area contributed by atoms with Gasteiger partial charge in [0.2, 0.25) is 0 Å². The van der Waals surface area contributed by atoms with Gasteiger partial charge in [-0.3, -0.25) is 4.79 Å². The second kappa shape index (κ2) is 6.73. The Kier molecular flexibility index (Phi) is 4.75. The molecule has 1 aromatic carbocycles. The van der Waals surface area contributed by atoms with Crippen LogP contribution >= 0.6 is 11.6 Å². The number of aromatic nitrogens is 1.